The van der Waals surface area contributed by atoms with E-state index >= 15 is 0 Å². The van der Waals surface area contributed by atoms with Crippen molar-refractivity contribution < 1.29 is 0 Å². The van der Waals surface area contributed by atoms with Gasteiger partial charge in [-0.3, -0.25) is 0 Å². The fourth-order valence-electron chi connectivity index (χ4n) is 1.39. The van der Waals surface area contributed by atoms with Gasteiger partial charge >= 0.3 is 0 Å². The van der Waals surface area contributed by atoms with E-state index in [1.807, 2.05) is 6.07 Å². The largest absolute Gasteiger partial charge is 0.0798 e. The molecule has 0 aliphatic heterocycles. The molecule has 0 spiro atoms. The summed E-state index contributed by atoms with van der Waals surface area (Å²) in [6.07, 6.45) is 9.63. The number of hydrogen-bond acceptors (Lipinski definition) is 0. The van der Waals surface area contributed by atoms with Crippen LogP contribution in [0.4, 0.5) is 0 Å². The van der Waals surface area contributed by atoms with Gasteiger partial charge in [-0.2, -0.15) is 0 Å². The second-order valence-electron chi connectivity index (χ2n) is 2.97. The molecule has 0 saturated carbocycles. The lowest BCUT2D eigenvalue weighted by atomic mass is 10.1. The van der Waals surface area contributed by atoms with Crippen molar-refractivity contribution in [2.75, 3.05) is 0 Å². The average molecular weight is 155 g/mol. The molecule has 0 heteroatoms. The molecule has 59 valence electrons. The number of hydrogen-bond donors (Lipinski definition) is 0. The van der Waals surface area contributed by atoms with Crippen molar-refractivity contribution in [3.05, 3.63) is 59.7 Å². The molecule has 0 nitrogen and oxygen atoms in total. The van der Waals surface area contributed by atoms with Gasteiger partial charge in [0, 0.05) is 0 Å². The smallest absolute Gasteiger partial charge is 0.00229 e. The Labute approximate surface area is 73.2 Å². The molecule has 12 heavy (non-hydrogen) atoms. The second-order valence-corrected chi connectivity index (χ2v) is 2.97. The minimum Gasteiger partial charge on any atom is -0.0798 e. The molecule has 1 radical (unpaired) electrons. The van der Waals surface area contributed by atoms with Crippen molar-refractivity contribution in [1.82, 2.24) is 0 Å². The molecule has 0 unspecified atom stereocenters. The monoisotopic (exact) mass is 155 g/mol. The molecule has 0 aromatic heterocycles. The van der Waals surface area contributed by atoms with Gasteiger partial charge < -0.3 is 0 Å². The standard InChI is InChI=1S/C12H11/c1-2-6-11(7-3-1)10-12-8-4-5-9-12/h1-4,6-8H,5,10H2. The summed E-state index contributed by atoms with van der Waals surface area (Å²) in [7, 11) is 0. The molecule has 0 saturated heterocycles. The fourth-order valence-corrected chi connectivity index (χ4v) is 1.39. The summed E-state index contributed by atoms with van der Waals surface area (Å²) >= 11 is 0. The van der Waals surface area contributed by atoms with E-state index in [0.29, 0.717) is 0 Å². The Morgan fingerprint density at radius 1 is 1.17 bits per heavy atom. The summed E-state index contributed by atoms with van der Waals surface area (Å²) in [5, 5.41) is 0. The van der Waals surface area contributed by atoms with Gasteiger partial charge in [0.2, 0.25) is 0 Å². The van der Waals surface area contributed by atoms with Crippen LogP contribution in [-0.2, 0) is 6.42 Å². The van der Waals surface area contributed by atoms with Crippen molar-refractivity contribution in [3.63, 3.8) is 0 Å². The highest BCUT2D eigenvalue weighted by Gasteiger charge is 1.98. The van der Waals surface area contributed by atoms with Crippen LogP contribution in [0.1, 0.15) is 12.0 Å². The fraction of sp³-hybridized carbons (Fsp3) is 0.167. The van der Waals surface area contributed by atoms with E-state index in [1.165, 1.54) is 11.1 Å². The maximum absolute atomic E-state index is 3.31. The van der Waals surface area contributed by atoms with Crippen LogP contribution in [0.25, 0.3) is 0 Å². The Morgan fingerprint density at radius 2 is 2.00 bits per heavy atom. The molecule has 1 aliphatic rings. The summed E-state index contributed by atoms with van der Waals surface area (Å²) < 4.78 is 0. The quantitative estimate of drug-likeness (QED) is 0.616. The summed E-state index contributed by atoms with van der Waals surface area (Å²) in [5.41, 5.74) is 2.69. The van der Waals surface area contributed by atoms with Crippen LogP contribution >= 0.6 is 0 Å². The van der Waals surface area contributed by atoms with E-state index in [9.17, 15) is 0 Å². The third kappa shape index (κ3) is 1.65. The van der Waals surface area contributed by atoms with Crippen LogP contribution in [-0.4, -0.2) is 0 Å². The lowest BCUT2D eigenvalue weighted by molar-refractivity contribution is 1.18. The van der Waals surface area contributed by atoms with E-state index < -0.39 is 0 Å². The van der Waals surface area contributed by atoms with E-state index in [0.717, 1.165) is 12.8 Å². The molecule has 0 fully saturated rings. The van der Waals surface area contributed by atoms with E-state index in [-0.39, 0.29) is 0 Å². The van der Waals surface area contributed by atoms with Crippen molar-refractivity contribution in [2.45, 2.75) is 12.8 Å². The summed E-state index contributed by atoms with van der Waals surface area (Å²) in [4.78, 5) is 0. The van der Waals surface area contributed by atoms with E-state index in [4.69, 9.17) is 0 Å². The molecule has 1 aliphatic carbocycles. The molecule has 0 bridgehead atoms. The molecular weight excluding hydrogens is 144 g/mol. The zero-order valence-electron chi connectivity index (χ0n) is 6.96. The lowest BCUT2D eigenvalue weighted by Crippen LogP contribution is -1.84. The number of allylic oxidation sites excluding steroid dienone is 4. The summed E-state index contributed by atoms with van der Waals surface area (Å²) in [6.45, 7) is 0. The first-order valence-corrected chi connectivity index (χ1v) is 4.25. The SMILES string of the molecule is [C]1=C(Cc2ccccc2)C=CC1. The molecule has 2 rings (SSSR count). The maximum atomic E-state index is 3.31. The Bertz CT molecular complexity index is 304. The predicted octanol–water partition coefficient (Wildman–Crippen LogP) is 2.92. The van der Waals surface area contributed by atoms with Crippen LogP contribution in [0.3, 0.4) is 0 Å². The molecule has 1 aromatic carbocycles. The van der Waals surface area contributed by atoms with E-state index in [2.05, 4.69) is 42.5 Å². The first-order valence-electron chi connectivity index (χ1n) is 4.25. The van der Waals surface area contributed by atoms with Gasteiger partial charge in [-0.15, -0.1) is 0 Å². The topological polar surface area (TPSA) is 0 Å². The van der Waals surface area contributed by atoms with Crippen LogP contribution in [0, 0.1) is 6.08 Å². The Morgan fingerprint density at radius 3 is 2.67 bits per heavy atom. The van der Waals surface area contributed by atoms with Crippen LogP contribution in [0.5, 0.6) is 0 Å². The highest BCUT2D eigenvalue weighted by molar-refractivity contribution is 5.29. The van der Waals surface area contributed by atoms with Crippen molar-refractivity contribution in [2.24, 2.45) is 0 Å². The Kier molecular flexibility index (Phi) is 2.08. The predicted molar refractivity (Wildman–Crippen MR) is 50.7 cm³/mol. The third-order valence-corrected chi connectivity index (χ3v) is 2.00. The molecule has 0 atom stereocenters. The average Bonchev–Trinajstić information content (AvgIpc) is 2.59. The number of benzene rings is 1. The molecule has 0 amide bonds. The Balaban J connectivity index is 2.09. The highest BCUT2D eigenvalue weighted by Crippen LogP contribution is 2.13. The molecule has 1 aromatic rings. The van der Waals surface area contributed by atoms with Crippen molar-refractivity contribution >= 4 is 0 Å². The minimum atomic E-state index is 0.988. The normalized spacial score (nSPS) is 14.8. The molecule has 0 N–H and O–H groups in total. The molecular formula is C12H11. The van der Waals surface area contributed by atoms with Crippen LogP contribution < -0.4 is 0 Å². The summed E-state index contributed by atoms with van der Waals surface area (Å²) in [5.74, 6) is 0. The highest BCUT2D eigenvalue weighted by atomic mass is 14.0. The van der Waals surface area contributed by atoms with E-state index in [1.54, 1.807) is 0 Å². The van der Waals surface area contributed by atoms with Crippen LogP contribution in [0.2, 0.25) is 0 Å². The Hall–Kier alpha value is -1.30. The second kappa shape index (κ2) is 3.40. The lowest BCUT2D eigenvalue weighted by Gasteiger charge is -1.98. The molecule has 0 heterocycles. The van der Waals surface area contributed by atoms with Gasteiger partial charge in [0.25, 0.3) is 0 Å². The van der Waals surface area contributed by atoms with Crippen molar-refractivity contribution in [1.29, 1.82) is 0 Å². The van der Waals surface area contributed by atoms with Gasteiger partial charge in [-0.25, -0.2) is 0 Å². The first-order chi connectivity index (χ1) is 5.95. The van der Waals surface area contributed by atoms with Crippen LogP contribution in [0.15, 0.2) is 48.1 Å². The van der Waals surface area contributed by atoms with Gasteiger partial charge in [-0.1, -0.05) is 42.5 Å². The third-order valence-electron chi connectivity index (χ3n) is 2.00. The number of rotatable bonds is 2. The van der Waals surface area contributed by atoms with Gasteiger partial charge in [-0.05, 0) is 30.1 Å². The zero-order chi connectivity index (χ0) is 8.23. The van der Waals surface area contributed by atoms with Gasteiger partial charge in [0.05, 0.1) is 0 Å². The van der Waals surface area contributed by atoms with Gasteiger partial charge in [0.1, 0.15) is 0 Å². The first kappa shape index (κ1) is 7.35. The minimum absolute atomic E-state index is 0.988. The van der Waals surface area contributed by atoms with Gasteiger partial charge in [0.15, 0.2) is 0 Å². The van der Waals surface area contributed by atoms with Crippen molar-refractivity contribution in [3.8, 4) is 0 Å². The summed E-state index contributed by atoms with van der Waals surface area (Å²) in [6, 6.07) is 10.5. The maximum Gasteiger partial charge on any atom is -0.00229 e. The zero-order valence-corrected chi connectivity index (χ0v) is 6.96.